The summed E-state index contributed by atoms with van der Waals surface area (Å²) in [7, 11) is -0.429. The number of methoxy groups -OCH3 is 1. The monoisotopic (exact) mass is 1800 g/mol. The first-order valence-corrected chi connectivity index (χ1v) is 47.8. The molecule has 3 N–H and O–H groups in total. The number of nitro benzene ring substituents is 1. The summed E-state index contributed by atoms with van der Waals surface area (Å²) in [6.07, 6.45) is 3.89. The van der Waals surface area contributed by atoms with Crippen LogP contribution in [0.5, 0.6) is 5.75 Å². The highest BCUT2D eigenvalue weighted by Gasteiger charge is 2.36. The van der Waals surface area contributed by atoms with Crippen LogP contribution in [0.15, 0.2) is 331 Å². The maximum absolute atomic E-state index is 13.6. The Bertz CT molecular complexity index is 6610. The molecule has 0 saturated carbocycles. The highest BCUT2D eigenvalue weighted by molar-refractivity contribution is 8.00. The topological polar surface area (TPSA) is 242 Å². The highest BCUT2D eigenvalue weighted by Crippen LogP contribution is 2.46. The summed E-state index contributed by atoms with van der Waals surface area (Å²) >= 11 is 3.35. The lowest BCUT2D eigenvalue weighted by Gasteiger charge is -2.36. The molecule has 0 radical (unpaired) electrons. The lowest BCUT2D eigenvalue weighted by atomic mass is 10.00. The van der Waals surface area contributed by atoms with Crippen molar-refractivity contribution in [3.05, 3.63) is 386 Å². The van der Waals surface area contributed by atoms with E-state index in [4.69, 9.17) is 29.5 Å². The van der Waals surface area contributed by atoms with Crippen LogP contribution in [0.1, 0.15) is 139 Å². The molecule has 5 aliphatic heterocycles. The molecule has 0 spiro atoms. The molecule has 26 heteroatoms. The summed E-state index contributed by atoms with van der Waals surface area (Å²) in [6, 6.07) is 87.2. The largest absolute Gasteiger partial charge is 0.497 e. The number of carbonyl (C=O) groups is 5. The Kier molecular flexibility index (Phi) is 29.1. The van der Waals surface area contributed by atoms with E-state index in [-0.39, 0.29) is 59.2 Å². The summed E-state index contributed by atoms with van der Waals surface area (Å²) in [5.74, 6) is -1.10. The zero-order chi connectivity index (χ0) is 91.8. The number of hydrogen-bond donors (Lipinski definition) is 3. The molecule has 660 valence electrons. The molecule has 5 amide bonds. The first-order valence-electron chi connectivity index (χ1n) is 43.2. The molecule has 5 heterocycles. The third-order valence-electron chi connectivity index (χ3n) is 22.7. The zero-order valence-corrected chi connectivity index (χ0v) is 75.8. The third kappa shape index (κ3) is 21.3. The van der Waals surface area contributed by atoms with Crippen molar-refractivity contribution in [3.8, 4) is 5.75 Å². The van der Waals surface area contributed by atoms with Crippen molar-refractivity contribution >= 4 is 140 Å². The summed E-state index contributed by atoms with van der Waals surface area (Å²) in [5, 5.41) is 19.2. The molecule has 0 aromatic heterocycles. The Labute approximate surface area is 767 Å². The number of amides is 5. The van der Waals surface area contributed by atoms with Crippen molar-refractivity contribution in [2.75, 3.05) is 56.2 Å². The minimum Gasteiger partial charge on any atom is -0.497 e. The van der Waals surface area contributed by atoms with Crippen LogP contribution in [-0.4, -0.2) is 117 Å². The van der Waals surface area contributed by atoms with Crippen molar-refractivity contribution in [2.24, 2.45) is 20.0 Å². The van der Waals surface area contributed by atoms with Gasteiger partial charge in [0.25, 0.3) is 29.3 Å². The van der Waals surface area contributed by atoms with Gasteiger partial charge in [0, 0.05) is 151 Å². The van der Waals surface area contributed by atoms with E-state index < -0.39 is 13.0 Å². The van der Waals surface area contributed by atoms with Gasteiger partial charge in [-0.2, -0.15) is 0 Å². The van der Waals surface area contributed by atoms with E-state index in [1.807, 2.05) is 121 Å². The number of ether oxygens (including phenoxy) is 1. The van der Waals surface area contributed by atoms with Crippen LogP contribution >= 0.6 is 23.5 Å². The second-order valence-corrected chi connectivity index (χ2v) is 38.3. The van der Waals surface area contributed by atoms with Gasteiger partial charge >= 0.3 is 0 Å². The number of halogens is 3. The van der Waals surface area contributed by atoms with Crippen molar-refractivity contribution in [2.45, 2.75) is 92.6 Å². The fourth-order valence-electron chi connectivity index (χ4n) is 15.9. The Morgan fingerprint density at radius 3 is 1.59 bits per heavy atom. The molecular weight excluding hydrogens is 1710 g/mol. The average Bonchev–Trinajstić information content (AvgIpc) is 1.61. The predicted molar refractivity (Wildman–Crippen MR) is 517 cm³/mol. The number of hydrogen-bond acceptors (Lipinski definition) is 16. The number of aliphatic imine (C=N–C) groups is 4. The standard InChI is InChI=1S/C29H21F2N3O2.C27H26N4O3S.C26H27FN2OSi.C23H20N2O3S/c1-18(35)34-26-5-3-2-4-24(26)28(20-8-13-23(31)14-9-20)33-25-16-21(10-15-27(25)34)29(36)32-17-19-6-11-22(30)12-7-19;1-2-5-23-22-6-3-4-7-25(22)35-26-13-8-19(18-24(26)28-23)27(32)30-16-14-29(15-17-30)20-9-11-21(12-10-20)31(33)34;1-4-5-16-28-26(30)19-12-15-24-22(17-19)29-25(18-10-13-20(27)14-11-18)21-8-6-7-9-23(21)31(24,2)3;1-3-28-25-23(26)16-10-13-21-19(14-16)24-22(15-8-11-17(27-2)12-9-15)18-6-4-5-7-20(18)29-21/h2-16H,17H2,1H3,(H,32,36);3-4,6-13,18H,2,5,14-17H2,1H3;6-15,17H,4-5,16H2,1-3H3,(H,28,30);4-14H,3H2,1-2H3,(H,25,26). The number of para-hydroxylation sites is 1. The van der Waals surface area contributed by atoms with Gasteiger partial charge in [0.2, 0.25) is 5.91 Å². The molecule has 5 aliphatic rings. The number of hydroxylamine groups is 1. The minimum atomic E-state index is -2.08. The van der Waals surface area contributed by atoms with E-state index in [0.717, 1.165) is 114 Å². The van der Waals surface area contributed by atoms with Crippen molar-refractivity contribution in [1.82, 2.24) is 21.0 Å². The number of carbonyl (C=O) groups excluding carboxylic acids is 5. The number of rotatable bonds is 19. The summed E-state index contributed by atoms with van der Waals surface area (Å²) in [5.41, 5.74) is 20.2. The molecule has 1 fully saturated rings. The van der Waals surface area contributed by atoms with E-state index in [1.165, 1.54) is 76.3 Å². The van der Waals surface area contributed by atoms with Gasteiger partial charge in [-0.15, -0.1) is 0 Å². The number of unbranched alkanes of at least 4 members (excludes halogenated alkanes) is 1. The maximum atomic E-state index is 13.6. The number of nitro groups is 1. The molecule has 1 saturated heterocycles. The van der Waals surface area contributed by atoms with E-state index in [1.54, 1.807) is 114 Å². The lowest BCUT2D eigenvalue weighted by Crippen LogP contribution is -2.54. The second-order valence-electron chi connectivity index (χ2n) is 31.8. The van der Waals surface area contributed by atoms with Gasteiger partial charge in [-0.05, 0) is 218 Å². The van der Waals surface area contributed by atoms with Gasteiger partial charge in [0.05, 0.1) is 69.9 Å². The van der Waals surface area contributed by atoms with E-state index >= 15 is 0 Å². The molecule has 18 rings (SSSR count). The first kappa shape index (κ1) is 91.3. The number of benzene rings is 13. The summed E-state index contributed by atoms with van der Waals surface area (Å²) in [4.78, 5) is 109. The number of fused-ring (bicyclic) bond motifs is 8. The van der Waals surface area contributed by atoms with Crippen LogP contribution in [-0.2, 0) is 16.2 Å². The molecule has 0 aliphatic carbocycles. The number of anilines is 3. The van der Waals surface area contributed by atoms with Crippen LogP contribution in [0.25, 0.3) is 0 Å². The average molecular weight is 1800 g/mol. The van der Waals surface area contributed by atoms with E-state index in [0.29, 0.717) is 95.5 Å². The number of non-ortho nitro benzene ring substituents is 1. The van der Waals surface area contributed by atoms with Crippen molar-refractivity contribution < 1.29 is 51.6 Å². The van der Waals surface area contributed by atoms with Crippen LogP contribution in [0.3, 0.4) is 0 Å². The normalized spacial score (nSPS) is 13.4. The Hall–Kier alpha value is -14.4. The summed E-state index contributed by atoms with van der Waals surface area (Å²) < 4.78 is 45.7. The number of piperazine rings is 1. The van der Waals surface area contributed by atoms with Crippen LogP contribution < -0.4 is 41.0 Å². The van der Waals surface area contributed by atoms with Crippen LogP contribution in [0, 0.1) is 27.6 Å². The fourth-order valence-corrected chi connectivity index (χ4v) is 20.9. The molecule has 131 heavy (non-hydrogen) atoms. The van der Waals surface area contributed by atoms with Gasteiger partial charge in [0.1, 0.15) is 31.3 Å². The van der Waals surface area contributed by atoms with Gasteiger partial charge < -0.3 is 25.2 Å². The fraction of sp³-hybridized carbons (Fsp3) is 0.171. The van der Waals surface area contributed by atoms with E-state index in [9.17, 15) is 47.3 Å². The molecule has 20 nitrogen and oxygen atoms in total. The molecule has 13 aromatic carbocycles. The SMILES string of the molecule is CC(=O)N1c2ccc(C(=O)NCc3ccc(F)cc3)cc2N=C(c2ccc(F)cc2)c2ccccc21.CCCC1=Nc2cc(C(=O)N3CCN(c4ccc([N+](=O)[O-])cc4)CC3)ccc2Sc2ccccc21.CCCCNC(=O)c1ccc2c(c1)N=C(c1ccc(F)cc1)c1ccccc1[Si]2(C)C.CCONC(=O)c1ccc2c(c1)N=C(c1ccc(OC)cc1)c1ccccc1S2. The Balaban J connectivity index is 0.000000134. The smallest absolute Gasteiger partial charge is 0.274 e. The highest BCUT2D eigenvalue weighted by atomic mass is 32.2. The van der Waals surface area contributed by atoms with Gasteiger partial charge in [-0.3, -0.25) is 48.8 Å². The van der Waals surface area contributed by atoms with Crippen molar-refractivity contribution in [3.63, 3.8) is 0 Å². The van der Waals surface area contributed by atoms with Crippen molar-refractivity contribution in [1.29, 1.82) is 0 Å². The van der Waals surface area contributed by atoms with Gasteiger partial charge in [-0.1, -0.05) is 160 Å². The molecular formula is C105H94F3N11O9S2Si. The predicted octanol–water partition coefficient (Wildman–Crippen LogP) is 21.7. The molecule has 13 aromatic rings. The lowest BCUT2D eigenvalue weighted by molar-refractivity contribution is -0.384. The quantitative estimate of drug-likeness (QED) is 0.0296. The van der Waals surface area contributed by atoms with Crippen LogP contribution in [0.2, 0.25) is 13.1 Å². The molecule has 0 bridgehead atoms. The molecule has 0 unspecified atom stereocenters. The van der Waals surface area contributed by atoms with Gasteiger partial charge in [0.15, 0.2) is 0 Å². The van der Waals surface area contributed by atoms with E-state index in [2.05, 4.69) is 103 Å². The summed E-state index contributed by atoms with van der Waals surface area (Å²) in [6.45, 7) is 16.0. The number of nitrogens with zero attached hydrogens (tertiary/aromatic N) is 8. The Morgan fingerprint density at radius 2 is 0.969 bits per heavy atom. The number of nitrogens with one attached hydrogen (secondary N) is 3. The first-order chi connectivity index (χ1) is 63.5. The Morgan fingerprint density at radius 1 is 0.473 bits per heavy atom. The third-order valence-corrected chi connectivity index (χ3v) is 28.5. The molecule has 0 atom stereocenters. The zero-order valence-electron chi connectivity index (χ0n) is 73.2. The second kappa shape index (κ2) is 41.8. The maximum Gasteiger partial charge on any atom is 0.274 e. The van der Waals surface area contributed by atoms with Gasteiger partial charge in [-0.25, -0.2) is 33.6 Å². The minimum absolute atomic E-state index is 0.00940. The van der Waals surface area contributed by atoms with Crippen LogP contribution in [0.4, 0.5) is 58.7 Å².